The van der Waals surface area contributed by atoms with Crippen molar-refractivity contribution >= 4 is 17.1 Å². The summed E-state index contributed by atoms with van der Waals surface area (Å²) in [5.74, 6) is 2.35. The minimum atomic E-state index is 0.684. The second kappa shape index (κ2) is 6.05. The van der Waals surface area contributed by atoms with Crippen LogP contribution in [0.25, 0.3) is 0 Å². The third kappa shape index (κ3) is 2.74. The molecule has 0 spiro atoms. The van der Waals surface area contributed by atoms with E-state index in [-0.39, 0.29) is 0 Å². The van der Waals surface area contributed by atoms with Gasteiger partial charge in [-0.15, -0.1) is 0 Å². The molecule has 0 radical (unpaired) electrons. The number of ether oxygens (including phenoxy) is 3. The molecule has 0 atom stereocenters. The molecule has 0 unspecified atom stereocenters. The molecule has 116 valence electrons. The lowest BCUT2D eigenvalue weighted by Crippen LogP contribution is -2.29. The van der Waals surface area contributed by atoms with E-state index in [1.165, 1.54) is 0 Å². The van der Waals surface area contributed by atoms with Gasteiger partial charge in [0, 0.05) is 30.9 Å². The Kier molecular flexibility index (Phi) is 3.96. The lowest BCUT2D eigenvalue weighted by Gasteiger charge is -2.29. The van der Waals surface area contributed by atoms with E-state index in [0.29, 0.717) is 6.61 Å². The fourth-order valence-corrected chi connectivity index (χ4v) is 2.52. The molecule has 0 saturated carbocycles. The molecular formula is C17H20N2O3. The molecule has 2 aromatic rings. The van der Waals surface area contributed by atoms with E-state index in [2.05, 4.69) is 23.3 Å². The molecule has 1 aliphatic heterocycles. The highest BCUT2D eigenvalue weighted by Gasteiger charge is 2.18. The summed E-state index contributed by atoms with van der Waals surface area (Å²) in [5.41, 5.74) is 2.91. The maximum atomic E-state index is 5.84. The molecule has 0 amide bonds. The summed E-state index contributed by atoms with van der Waals surface area (Å²) < 4.78 is 16.5. The summed E-state index contributed by atoms with van der Waals surface area (Å²) in [7, 11) is 5.35. The van der Waals surface area contributed by atoms with Crippen molar-refractivity contribution in [2.24, 2.45) is 0 Å². The van der Waals surface area contributed by atoms with Crippen molar-refractivity contribution in [2.45, 2.75) is 0 Å². The van der Waals surface area contributed by atoms with E-state index in [9.17, 15) is 0 Å². The third-order valence-corrected chi connectivity index (χ3v) is 3.71. The van der Waals surface area contributed by atoms with Crippen LogP contribution in [0.15, 0.2) is 36.4 Å². The highest BCUT2D eigenvalue weighted by molar-refractivity contribution is 5.77. The van der Waals surface area contributed by atoms with Crippen LogP contribution in [0.5, 0.6) is 17.2 Å². The van der Waals surface area contributed by atoms with E-state index in [4.69, 9.17) is 14.2 Å². The van der Waals surface area contributed by atoms with Crippen LogP contribution in [-0.4, -0.2) is 34.4 Å². The van der Waals surface area contributed by atoms with Gasteiger partial charge in [0.05, 0.1) is 32.1 Å². The molecule has 0 aromatic heterocycles. The number of nitrogens with one attached hydrogen (secondary N) is 1. The summed E-state index contributed by atoms with van der Waals surface area (Å²) in [6.45, 7) is 1.58. The van der Waals surface area contributed by atoms with E-state index in [1.54, 1.807) is 14.2 Å². The fraction of sp³-hybridized carbons (Fsp3) is 0.294. The Morgan fingerprint density at radius 3 is 2.50 bits per heavy atom. The quantitative estimate of drug-likeness (QED) is 0.938. The molecule has 0 fully saturated rings. The number of hydrogen-bond donors (Lipinski definition) is 1. The van der Waals surface area contributed by atoms with Crippen LogP contribution in [0.2, 0.25) is 0 Å². The molecule has 0 saturated heterocycles. The molecule has 0 bridgehead atoms. The van der Waals surface area contributed by atoms with Crippen molar-refractivity contribution in [3.05, 3.63) is 36.4 Å². The van der Waals surface area contributed by atoms with Gasteiger partial charge in [0.25, 0.3) is 0 Å². The van der Waals surface area contributed by atoms with Crippen LogP contribution < -0.4 is 24.4 Å². The van der Waals surface area contributed by atoms with Crippen LogP contribution in [0.4, 0.5) is 17.1 Å². The number of anilines is 3. The van der Waals surface area contributed by atoms with E-state index in [0.717, 1.165) is 40.9 Å². The zero-order valence-corrected chi connectivity index (χ0v) is 13.1. The zero-order valence-electron chi connectivity index (χ0n) is 13.1. The Morgan fingerprint density at radius 1 is 1.09 bits per heavy atom. The van der Waals surface area contributed by atoms with Crippen LogP contribution in [0.1, 0.15) is 0 Å². The largest absolute Gasteiger partial charge is 0.497 e. The van der Waals surface area contributed by atoms with Crippen molar-refractivity contribution in [1.29, 1.82) is 0 Å². The number of benzene rings is 2. The maximum absolute atomic E-state index is 5.84. The highest BCUT2D eigenvalue weighted by atomic mass is 16.5. The van der Waals surface area contributed by atoms with Gasteiger partial charge in [-0.1, -0.05) is 6.07 Å². The van der Waals surface area contributed by atoms with Crippen molar-refractivity contribution in [2.75, 3.05) is 44.6 Å². The number of rotatable bonds is 4. The van der Waals surface area contributed by atoms with E-state index >= 15 is 0 Å². The molecule has 5 heteroatoms. The van der Waals surface area contributed by atoms with Gasteiger partial charge in [-0.25, -0.2) is 0 Å². The summed E-state index contributed by atoms with van der Waals surface area (Å²) in [6, 6.07) is 11.8. The average molecular weight is 300 g/mol. The monoisotopic (exact) mass is 300 g/mol. The summed E-state index contributed by atoms with van der Waals surface area (Å²) in [5, 5.41) is 3.39. The molecule has 2 aromatic carbocycles. The standard InChI is InChI=1S/C17H20N2O3/c1-19-7-8-22-17-15(5-4-6-16(17)19)18-12-9-13(20-2)11-14(10-12)21-3/h4-6,9-11,18H,7-8H2,1-3H3. The van der Waals surface area contributed by atoms with Crippen molar-refractivity contribution < 1.29 is 14.2 Å². The first-order valence-electron chi connectivity index (χ1n) is 7.18. The molecule has 1 aliphatic rings. The predicted molar refractivity (Wildman–Crippen MR) is 88.0 cm³/mol. The molecule has 22 heavy (non-hydrogen) atoms. The number of para-hydroxylation sites is 1. The molecule has 1 N–H and O–H groups in total. The Morgan fingerprint density at radius 2 is 1.82 bits per heavy atom. The van der Waals surface area contributed by atoms with Crippen LogP contribution in [0.3, 0.4) is 0 Å². The van der Waals surface area contributed by atoms with Gasteiger partial charge in [-0.05, 0) is 12.1 Å². The first-order valence-corrected chi connectivity index (χ1v) is 7.18. The summed E-state index contributed by atoms with van der Waals surface area (Å²) in [6.07, 6.45) is 0. The Labute approximate surface area is 130 Å². The second-order valence-electron chi connectivity index (χ2n) is 5.15. The van der Waals surface area contributed by atoms with Crippen molar-refractivity contribution in [3.8, 4) is 17.2 Å². The fourth-order valence-electron chi connectivity index (χ4n) is 2.52. The van der Waals surface area contributed by atoms with Gasteiger partial charge in [-0.2, -0.15) is 0 Å². The van der Waals surface area contributed by atoms with Crippen molar-refractivity contribution in [3.63, 3.8) is 0 Å². The van der Waals surface area contributed by atoms with Gasteiger partial charge in [0.15, 0.2) is 5.75 Å². The molecular weight excluding hydrogens is 280 g/mol. The number of methoxy groups -OCH3 is 2. The van der Waals surface area contributed by atoms with Crippen LogP contribution in [-0.2, 0) is 0 Å². The zero-order chi connectivity index (χ0) is 15.5. The predicted octanol–water partition coefficient (Wildman–Crippen LogP) is 3.28. The van der Waals surface area contributed by atoms with E-state index in [1.807, 2.05) is 30.3 Å². The maximum Gasteiger partial charge on any atom is 0.166 e. The van der Waals surface area contributed by atoms with Gasteiger partial charge in [0.2, 0.25) is 0 Å². The SMILES string of the molecule is COc1cc(Nc2cccc3c2OCCN3C)cc(OC)c1. The molecule has 5 nitrogen and oxygen atoms in total. The van der Waals surface area contributed by atoms with Gasteiger partial charge >= 0.3 is 0 Å². The first kappa shape index (κ1) is 14.4. The smallest absolute Gasteiger partial charge is 0.166 e. The number of nitrogens with zero attached hydrogens (tertiary/aromatic N) is 1. The Balaban J connectivity index is 1.95. The third-order valence-electron chi connectivity index (χ3n) is 3.71. The minimum Gasteiger partial charge on any atom is -0.497 e. The van der Waals surface area contributed by atoms with E-state index < -0.39 is 0 Å². The lowest BCUT2D eigenvalue weighted by atomic mass is 10.2. The molecule has 1 heterocycles. The average Bonchev–Trinajstić information content (AvgIpc) is 2.55. The molecule has 0 aliphatic carbocycles. The minimum absolute atomic E-state index is 0.684. The number of likely N-dealkylation sites (N-methyl/N-ethyl adjacent to an activating group) is 1. The van der Waals surface area contributed by atoms with Gasteiger partial charge in [-0.3, -0.25) is 0 Å². The summed E-state index contributed by atoms with van der Waals surface area (Å²) >= 11 is 0. The second-order valence-corrected chi connectivity index (χ2v) is 5.15. The van der Waals surface area contributed by atoms with Crippen LogP contribution in [0, 0.1) is 0 Å². The summed E-state index contributed by atoms with van der Waals surface area (Å²) in [4.78, 5) is 2.19. The number of hydrogen-bond acceptors (Lipinski definition) is 5. The van der Waals surface area contributed by atoms with Crippen molar-refractivity contribution in [1.82, 2.24) is 0 Å². The van der Waals surface area contributed by atoms with Crippen LogP contribution >= 0.6 is 0 Å². The normalized spacial score (nSPS) is 13.1. The topological polar surface area (TPSA) is 43.0 Å². The lowest BCUT2D eigenvalue weighted by molar-refractivity contribution is 0.313. The van der Waals surface area contributed by atoms with Gasteiger partial charge in [0.1, 0.15) is 18.1 Å². The highest BCUT2D eigenvalue weighted by Crippen LogP contribution is 2.39. The number of fused-ring (bicyclic) bond motifs is 1. The Hall–Kier alpha value is -2.56. The first-order chi connectivity index (χ1) is 10.7. The van der Waals surface area contributed by atoms with Gasteiger partial charge < -0.3 is 24.4 Å². The molecule has 3 rings (SSSR count). The Bertz CT molecular complexity index is 651.